The zero-order chi connectivity index (χ0) is 17.1. The number of aromatic nitrogens is 2. The zero-order valence-electron chi connectivity index (χ0n) is 13.5. The molecule has 0 aliphatic heterocycles. The van der Waals surface area contributed by atoms with Gasteiger partial charge in [-0.2, -0.15) is 5.10 Å². The summed E-state index contributed by atoms with van der Waals surface area (Å²) in [5.74, 6) is -0.0604. The number of aryl methyl sites for hydroxylation is 2. The van der Waals surface area contributed by atoms with Crippen LogP contribution < -0.4 is 5.32 Å². The number of nitrogens with zero attached hydrogens (tertiary/aromatic N) is 2. The molecule has 2 aromatic heterocycles. The summed E-state index contributed by atoms with van der Waals surface area (Å²) in [4.78, 5) is 13.5. The monoisotopic (exact) mass is 403 g/mol. The van der Waals surface area contributed by atoms with Crippen LogP contribution in [0.25, 0.3) is 0 Å². The summed E-state index contributed by atoms with van der Waals surface area (Å²) < 4.78 is 3.02. The van der Waals surface area contributed by atoms with Crippen molar-refractivity contribution in [3.63, 3.8) is 0 Å². The number of rotatable bonds is 5. The van der Waals surface area contributed by atoms with Gasteiger partial charge in [-0.3, -0.25) is 9.48 Å². The first-order valence-electron chi connectivity index (χ1n) is 7.63. The highest BCUT2D eigenvalue weighted by Gasteiger charge is 2.08. The van der Waals surface area contributed by atoms with Crippen molar-refractivity contribution in [2.45, 2.75) is 26.9 Å². The van der Waals surface area contributed by atoms with Crippen molar-refractivity contribution in [3.8, 4) is 0 Å². The second-order valence-corrected chi connectivity index (χ2v) is 8.22. The molecule has 1 aromatic carbocycles. The fourth-order valence-electron chi connectivity index (χ4n) is 2.54. The molecule has 0 saturated carbocycles. The van der Waals surface area contributed by atoms with Crippen molar-refractivity contribution in [3.05, 3.63) is 73.6 Å². The minimum atomic E-state index is -0.0604. The van der Waals surface area contributed by atoms with Crippen LogP contribution in [0.1, 0.15) is 32.2 Å². The Morgan fingerprint density at radius 2 is 2.08 bits per heavy atom. The minimum Gasteiger partial charge on any atom is -0.347 e. The van der Waals surface area contributed by atoms with E-state index in [-0.39, 0.29) is 5.91 Å². The van der Waals surface area contributed by atoms with Crippen molar-refractivity contribution < 1.29 is 4.79 Å². The van der Waals surface area contributed by atoms with Gasteiger partial charge < -0.3 is 5.32 Å². The van der Waals surface area contributed by atoms with E-state index in [9.17, 15) is 4.79 Å². The highest BCUT2D eigenvalue weighted by atomic mass is 79.9. The predicted octanol–water partition coefficient (Wildman–Crippen LogP) is 4.30. The summed E-state index contributed by atoms with van der Waals surface area (Å²) >= 11 is 5.05. The number of benzene rings is 1. The number of hydrogen-bond acceptors (Lipinski definition) is 3. The van der Waals surface area contributed by atoms with Gasteiger partial charge in [-0.25, -0.2) is 0 Å². The lowest BCUT2D eigenvalue weighted by Gasteiger charge is -2.08. The van der Waals surface area contributed by atoms with Crippen LogP contribution in [-0.2, 0) is 13.1 Å². The van der Waals surface area contributed by atoms with Crippen LogP contribution in [0, 0.1) is 13.8 Å². The van der Waals surface area contributed by atoms with E-state index in [0.717, 1.165) is 25.6 Å². The molecule has 0 atom stereocenters. The molecule has 0 unspecified atom stereocenters. The third-order valence-electron chi connectivity index (χ3n) is 3.68. The van der Waals surface area contributed by atoms with E-state index < -0.39 is 0 Å². The summed E-state index contributed by atoms with van der Waals surface area (Å²) in [6, 6.07) is 13.7. The van der Waals surface area contributed by atoms with Crippen LogP contribution in [0.15, 0.2) is 46.3 Å². The Bertz CT molecular complexity index is 869. The van der Waals surface area contributed by atoms with E-state index in [2.05, 4.69) is 32.4 Å². The van der Waals surface area contributed by atoms with Gasteiger partial charge in [-0.15, -0.1) is 11.3 Å². The molecule has 0 aliphatic carbocycles. The lowest BCUT2D eigenvalue weighted by atomic mass is 10.1. The van der Waals surface area contributed by atoms with Gasteiger partial charge in [0.15, 0.2) is 0 Å². The van der Waals surface area contributed by atoms with Crippen molar-refractivity contribution >= 4 is 33.2 Å². The fourth-order valence-corrected chi connectivity index (χ4v) is 3.96. The van der Waals surface area contributed by atoms with E-state index in [0.29, 0.717) is 18.7 Å². The maximum atomic E-state index is 12.4. The number of carbonyl (C=O) groups excluding carboxylic acids is 1. The van der Waals surface area contributed by atoms with E-state index >= 15 is 0 Å². The molecule has 0 fully saturated rings. The molecule has 0 saturated heterocycles. The number of nitrogens with one attached hydrogen (secondary N) is 1. The standard InChI is InChI=1S/C18H18BrN3OS/c1-12-8-13(2)22(21-12)11-14-4-3-5-15(9-14)18(23)20-10-16-6-7-17(19)24-16/h3-9H,10-11H2,1-2H3,(H,20,23). The molecule has 6 heteroatoms. The molecular formula is C18H18BrN3OS. The fraction of sp³-hybridized carbons (Fsp3) is 0.222. The largest absolute Gasteiger partial charge is 0.347 e. The lowest BCUT2D eigenvalue weighted by Crippen LogP contribution is -2.22. The first kappa shape index (κ1) is 16.9. The molecule has 24 heavy (non-hydrogen) atoms. The SMILES string of the molecule is Cc1cc(C)n(Cc2cccc(C(=O)NCc3ccc(Br)s3)c2)n1. The average molecular weight is 404 g/mol. The van der Waals surface area contributed by atoms with Gasteiger partial charge in [0.2, 0.25) is 0 Å². The molecule has 3 aromatic rings. The Morgan fingerprint density at radius 1 is 1.25 bits per heavy atom. The zero-order valence-corrected chi connectivity index (χ0v) is 15.9. The molecule has 0 aliphatic rings. The molecule has 1 N–H and O–H groups in total. The Balaban J connectivity index is 1.67. The van der Waals surface area contributed by atoms with Crippen LogP contribution >= 0.6 is 27.3 Å². The van der Waals surface area contributed by atoms with Crippen molar-refractivity contribution in [2.24, 2.45) is 0 Å². The maximum absolute atomic E-state index is 12.4. The van der Waals surface area contributed by atoms with Crippen LogP contribution in [0.2, 0.25) is 0 Å². The number of hydrogen-bond donors (Lipinski definition) is 1. The van der Waals surface area contributed by atoms with Crippen LogP contribution in [0.5, 0.6) is 0 Å². The van der Waals surface area contributed by atoms with E-state index in [1.54, 1.807) is 11.3 Å². The first-order chi connectivity index (χ1) is 11.5. The Morgan fingerprint density at radius 3 is 2.75 bits per heavy atom. The van der Waals surface area contributed by atoms with Gasteiger partial charge in [0.25, 0.3) is 5.91 Å². The molecule has 0 spiro atoms. The van der Waals surface area contributed by atoms with Gasteiger partial charge in [-0.05, 0) is 65.7 Å². The second-order valence-electron chi connectivity index (χ2n) is 5.67. The van der Waals surface area contributed by atoms with Crippen LogP contribution in [0.3, 0.4) is 0 Å². The van der Waals surface area contributed by atoms with Crippen molar-refractivity contribution in [1.82, 2.24) is 15.1 Å². The normalized spacial score (nSPS) is 10.8. The number of halogens is 1. The summed E-state index contributed by atoms with van der Waals surface area (Å²) in [7, 11) is 0. The summed E-state index contributed by atoms with van der Waals surface area (Å²) in [6.07, 6.45) is 0. The topological polar surface area (TPSA) is 46.9 Å². The molecule has 2 heterocycles. The molecule has 4 nitrogen and oxygen atoms in total. The Hall–Kier alpha value is -1.92. The second kappa shape index (κ2) is 7.32. The molecule has 0 radical (unpaired) electrons. The molecule has 1 amide bonds. The third kappa shape index (κ3) is 4.13. The van der Waals surface area contributed by atoms with Gasteiger partial charge in [-0.1, -0.05) is 12.1 Å². The number of amides is 1. The van der Waals surface area contributed by atoms with E-state index in [1.165, 1.54) is 0 Å². The minimum absolute atomic E-state index is 0.0604. The predicted molar refractivity (Wildman–Crippen MR) is 100 cm³/mol. The Labute approximate surface area is 153 Å². The highest BCUT2D eigenvalue weighted by molar-refractivity contribution is 9.11. The summed E-state index contributed by atoms with van der Waals surface area (Å²) in [5, 5.41) is 7.43. The third-order valence-corrected chi connectivity index (χ3v) is 5.30. The summed E-state index contributed by atoms with van der Waals surface area (Å²) in [5.41, 5.74) is 3.85. The first-order valence-corrected chi connectivity index (χ1v) is 9.24. The van der Waals surface area contributed by atoms with Gasteiger partial charge >= 0.3 is 0 Å². The average Bonchev–Trinajstić information content (AvgIpc) is 3.10. The van der Waals surface area contributed by atoms with Crippen LogP contribution in [0.4, 0.5) is 0 Å². The highest BCUT2D eigenvalue weighted by Crippen LogP contribution is 2.21. The van der Waals surface area contributed by atoms with E-state index in [4.69, 9.17) is 0 Å². The molecule has 3 rings (SSSR count). The van der Waals surface area contributed by atoms with Crippen molar-refractivity contribution in [2.75, 3.05) is 0 Å². The van der Waals surface area contributed by atoms with Gasteiger partial charge in [0.1, 0.15) is 0 Å². The molecule has 124 valence electrons. The number of carbonyl (C=O) groups is 1. The van der Waals surface area contributed by atoms with Crippen molar-refractivity contribution in [1.29, 1.82) is 0 Å². The maximum Gasteiger partial charge on any atom is 0.251 e. The van der Waals surface area contributed by atoms with Crippen LogP contribution in [-0.4, -0.2) is 15.7 Å². The molecule has 0 bridgehead atoms. The summed E-state index contributed by atoms with van der Waals surface area (Å²) in [6.45, 7) is 5.22. The lowest BCUT2D eigenvalue weighted by molar-refractivity contribution is 0.0951. The Kier molecular flexibility index (Phi) is 5.16. The smallest absolute Gasteiger partial charge is 0.251 e. The van der Waals surface area contributed by atoms with Gasteiger partial charge in [0.05, 0.1) is 22.6 Å². The number of thiophene rings is 1. The van der Waals surface area contributed by atoms with E-state index in [1.807, 2.05) is 54.9 Å². The van der Waals surface area contributed by atoms with Gasteiger partial charge in [0, 0.05) is 16.1 Å². The molecular weight excluding hydrogens is 386 g/mol. The quantitative estimate of drug-likeness (QED) is 0.689.